The van der Waals surface area contributed by atoms with Crippen LogP contribution in [-0.2, 0) is 16.0 Å². The van der Waals surface area contributed by atoms with Crippen LogP contribution in [0.3, 0.4) is 0 Å². The molecule has 7 heteroatoms. The van der Waals surface area contributed by atoms with Crippen LogP contribution in [0.5, 0.6) is 0 Å². The minimum Gasteiger partial charge on any atom is -0.444 e. The number of rotatable bonds is 4. The van der Waals surface area contributed by atoms with E-state index in [1.807, 2.05) is 20.8 Å². The van der Waals surface area contributed by atoms with Crippen molar-refractivity contribution in [2.75, 3.05) is 26.3 Å². The number of hydrogen-bond donors (Lipinski definition) is 1. The van der Waals surface area contributed by atoms with E-state index >= 15 is 0 Å². The molecule has 1 amide bonds. The largest absolute Gasteiger partial charge is 0.444 e. The number of hydrogen-bond acceptors (Lipinski definition) is 5. The molecule has 0 bridgehead atoms. The standard InChI is InChI=1S/C16H25BrN2O3S/c1-11-14(17)7-13(23-11)9-18-8-12-10-21-6-5-19(12)15(20)22-16(2,3)4/h7,12,18H,5-6,8-10H2,1-4H3. The van der Waals surface area contributed by atoms with Crippen LogP contribution < -0.4 is 5.32 Å². The van der Waals surface area contributed by atoms with Crippen LogP contribution in [0.25, 0.3) is 0 Å². The first-order chi connectivity index (χ1) is 10.8. The van der Waals surface area contributed by atoms with Gasteiger partial charge in [0.15, 0.2) is 0 Å². The Bertz CT molecular complexity index is 522. The van der Waals surface area contributed by atoms with Crippen LogP contribution in [0, 0.1) is 6.92 Å². The second kappa shape index (κ2) is 7.96. The fraction of sp³-hybridized carbons (Fsp3) is 0.688. The van der Waals surface area contributed by atoms with Crippen molar-refractivity contribution < 1.29 is 14.3 Å². The third-order valence-electron chi connectivity index (χ3n) is 3.44. The summed E-state index contributed by atoms with van der Waals surface area (Å²) in [5.41, 5.74) is -0.478. The first kappa shape index (κ1) is 18.7. The topological polar surface area (TPSA) is 50.8 Å². The summed E-state index contributed by atoms with van der Waals surface area (Å²) in [4.78, 5) is 16.6. The predicted octanol–water partition coefficient (Wildman–Crippen LogP) is 3.54. The van der Waals surface area contributed by atoms with Gasteiger partial charge in [0.1, 0.15) is 5.60 Å². The molecule has 1 aromatic rings. The molecule has 1 saturated heterocycles. The average Bonchev–Trinajstić information content (AvgIpc) is 2.76. The minimum atomic E-state index is -0.478. The highest BCUT2D eigenvalue weighted by atomic mass is 79.9. The van der Waals surface area contributed by atoms with E-state index < -0.39 is 5.60 Å². The number of ether oxygens (including phenoxy) is 2. The molecule has 0 aromatic carbocycles. The maximum atomic E-state index is 12.3. The van der Waals surface area contributed by atoms with Crippen molar-refractivity contribution in [2.24, 2.45) is 0 Å². The number of morpholine rings is 1. The number of amides is 1. The highest BCUT2D eigenvalue weighted by Gasteiger charge is 2.30. The Hall–Kier alpha value is -0.630. The third kappa shape index (κ3) is 5.74. The lowest BCUT2D eigenvalue weighted by atomic mass is 10.2. The van der Waals surface area contributed by atoms with Crippen LogP contribution in [0.4, 0.5) is 4.79 Å². The van der Waals surface area contributed by atoms with E-state index in [-0.39, 0.29) is 12.1 Å². The number of nitrogens with one attached hydrogen (secondary N) is 1. The lowest BCUT2D eigenvalue weighted by Crippen LogP contribution is -2.53. The SMILES string of the molecule is Cc1sc(CNCC2COCCN2C(=O)OC(C)(C)C)cc1Br. The maximum absolute atomic E-state index is 12.3. The Labute approximate surface area is 150 Å². The third-order valence-corrected chi connectivity index (χ3v) is 5.58. The highest BCUT2D eigenvalue weighted by Crippen LogP contribution is 2.26. The Morgan fingerprint density at radius 2 is 2.30 bits per heavy atom. The van der Waals surface area contributed by atoms with Gasteiger partial charge in [-0.1, -0.05) is 0 Å². The zero-order chi connectivity index (χ0) is 17.0. The van der Waals surface area contributed by atoms with Gasteiger partial charge in [0.25, 0.3) is 0 Å². The molecule has 1 aliphatic rings. The number of carbonyl (C=O) groups is 1. The molecule has 130 valence electrons. The Morgan fingerprint density at radius 3 is 2.91 bits per heavy atom. The zero-order valence-electron chi connectivity index (χ0n) is 14.1. The first-order valence-electron chi connectivity index (χ1n) is 7.79. The summed E-state index contributed by atoms with van der Waals surface area (Å²) in [5, 5.41) is 3.42. The van der Waals surface area contributed by atoms with Gasteiger partial charge in [-0.3, -0.25) is 4.90 Å². The second-order valence-electron chi connectivity index (χ2n) is 6.65. The summed E-state index contributed by atoms with van der Waals surface area (Å²) >= 11 is 5.30. The molecule has 0 aliphatic carbocycles. The Kier molecular flexibility index (Phi) is 6.48. The molecule has 1 N–H and O–H groups in total. The minimum absolute atomic E-state index is 0.00287. The van der Waals surface area contributed by atoms with Gasteiger partial charge in [-0.05, 0) is 49.7 Å². The maximum Gasteiger partial charge on any atom is 0.410 e. The predicted molar refractivity (Wildman–Crippen MR) is 96.0 cm³/mol. The first-order valence-corrected chi connectivity index (χ1v) is 9.40. The summed E-state index contributed by atoms with van der Waals surface area (Å²) in [6.07, 6.45) is -0.262. The van der Waals surface area contributed by atoms with Crippen LogP contribution in [-0.4, -0.2) is 48.9 Å². The number of carbonyl (C=O) groups excluding carboxylic acids is 1. The van der Waals surface area contributed by atoms with E-state index in [0.717, 1.165) is 11.0 Å². The number of nitrogens with zero attached hydrogens (tertiary/aromatic N) is 1. The van der Waals surface area contributed by atoms with Gasteiger partial charge in [-0.15, -0.1) is 11.3 Å². The molecule has 1 aromatic heterocycles. The fourth-order valence-corrected chi connectivity index (χ4v) is 3.92. The quantitative estimate of drug-likeness (QED) is 0.833. The second-order valence-corrected chi connectivity index (χ2v) is 8.85. The molecule has 1 atom stereocenters. The van der Waals surface area contributed by atoms with Crippen LogP contribution >= 0.6 is 27.3 Å². The van der Waals surface area contributed by atoms with Crippen LogP contribution in [0.2, 0.25) is 0 Å². The molecule has 1 aliphatic heterocycles. The summed E-state index contributed by atoms with van der Waals surface area (Å²) in [6, 6.07) is 2.14. The zero-order valence-corrected chi connectivity index (χ0v) is 16.6. The van der Waals surface area contributed by atoms with Crippen molar-refractivity contribution in [1.82, 2.24) is 10.2 Å². The molecule has 1 unspecified atom stereocenters. The molecule has 2 rings (SSSR count). The summed E-state index contributed by atoms with van der Waals surface area (Å²) in [5.74, 6) is 0. The van der Waals surface area contributed by atoms with Gasteiger partial charge < -0.3 is 14.8 Å². The summed E-state index contributed by atoms with van der Waals surface area (Å²) in [7, 11) is 0. The summed E-state index contributed by atoms with van der Waals surface area (Å²) < 4.78 is 12.2. The smallest absolute Gasteiger partial charge is 0.410 e. The van der Waals surface area contributed by atoms with E-state index in [1.54, 1.807) is 16.2 Å². The van der Waals surface area contributed by atoms with Gasteiger partial charge >= 0.3 is 6.09 Å². The van der Waals surface area contributed by atoms with E-state index in [9.17, 15) is 4.79 Å². The Balaban J connectivity index is 1.87. The van der Waals surface area contributed by atoms with Crippen molar-refractivity contribution in [3.8, 4) is 0 Å². The van der Waals surface area contributed by atoms with E-state index in [2.05, 4.69) is 34.2 Å². The molecule has 5 nitrogen and oxygen atoms in total. The van der Waals surface area contributed by atoms with Gasteiger partial charge in [-0.2, -0.15) is 0 Å². The molecule has 0 saturated carbocycles. The van der Waals surface area contributed by atoms with Crippen LogP contribution in [0.1, 0.15) is 30.5 Å². The lowest BCUT2D eigenvalue weighted by Gasteiger charge is -2.36. The van der Waals surface area contributed by atoms with Gasteiger partial charge in [0, 0.05) is 33.9 Å². The van der Waals surface area contributed by atoms with Crippen molar-refractivity contribution in [3.63, 3.8) is 0 Å². The molecule has 2 heterocycles. The molecule has 23 heavy (non-hydrogen) atoms. The van der Waals surface area contributed by atoms with Crippen molar-refractivity contribution in [1.29, 1.82) is 0 Å². The van der Waals surface area contributed by atoms with Gasteiger partial charge in [-0.25, -0.2) is 4.79 Å². The number of aryl methyl sites for hydroxylation is 1. The average molecular weight is 405 g/mol. The lowest BCUT2D eigenvalue weighted by molar-refractivity contribution is -0.0317. The van der Waals surface area contributed by atoms with Gasteiger partial charge in [0.2, 0.25) is 0 Å². The normalized spacial score (nSPS) is 19.0. The molecule has 0 spiro atoms. The number of halogens is 1. The number of thiophene rings is 1. The monoisotopic (exact) mass is 404 g/mol. The van der Waals surface area contributed by atoms with E-state index in [1.165, 1.54) is 9.75 Å². The van der Waals surface area contributed by atoms with Crippen molar-refractivity contribution >= 4 is 33.4 Å². The molecular formula is C16H25BrN2O3S. The molecular weight excluding hydrogens is 380 g/mol. The molecule has 1 fully saturated rings. The van der Waals surface area contributed by atoms with E-state index in [4.69, 9.17) is 9.47 Å². The highest BCUT2D eigenvalue weighted by molar-refractivity contribution is 9.10. The van der Waals surface area contributed by atoms with Crippen molar-refractivity contribution in [3.05, 3.63) is 20.3 Å². The summed E-state index contributed by atoms with van der Waals surface area (Å²) in [6.45, 7) is 10.9. The Morgan fingerprint density at radius 1 is 1.57 bits per heavy atom. The van der Waals surface area contributed by atoms with E-state index in [0.29, 0.717) is 26.3 Å². The van der Waals surface area contributed by atoms with Crippen molar-refractivity contribution in [2.45, 2.75) is 45.9 Å². The molecule has 0 radical (unpaired) electrons. The fourth-order valence-electron chi connectivity index (χ4n) is 2.35. The van der Waals surface area contributed by atoms with Crippen LogP contribution in [0.15, 0.2) is 10.5 Å². The van der Waals surface area contributed by atoms with Gasteiger partial charge in [0.05, 0.1) is 19.3 Å².